The number of nitrogens with two attached hydrogens (primary N) is 1. The Kier molecular flexibility index (Phi) is 9.13. The van der Waals surface area contributed by atoms with Crippen molar-refractivity contribution < 1.29 is 33.0 Å². The van der Waals surface area contributed by atoms with Crippen molar-refractivity contribution in [2.45, 2.75) is 63.2 Å². The average Bonchev–Trinajstić information content (AvgIpc) is 3.42. The summed E-state index contributed by atoms with van der Waals surface area (Å²) in [6.07, 6.45) is -2.69. The third-order valence-corrected chi connectivity index (χ3v) is 8.20. The summed E-state index contributed by atoms with van der Waals surface area (Å²) in [4.78, 5) is 29.7. The molecule has 1 aliphatic heterocycles. The number of alkyl halides is 1. The SMILES string of the molecule is CC#CC1(Cl)C(O)[C@@H](COP(=O)(N[C@@H](C)C(=O)OC(C)C)Oc2ccccc2)O[C@H]1n1ccc2c(=O)[nH]c(N)nc21. The van der Waals surface area contributed by atoms with E-state index < -0.39 is 61.3 Å². The number of halogens is 1. The summed E-state index contributed by atoms with van der Waals surface area (Å²) < 4.78 is 37.9. The van der Waals surface area contributed by atoms with Gasteiger partial charge in [-0.05, 0) is 45.9 Å². The van der Waals surface area contributed by atoms with Gasteiger partial charge in [0.1, 0.15) is 24.0 Å². The molecule has 4 rings (SSSR count). The number of nitrogens with zero attached hydrogens (tertiary/aromatic N) is 2. The number of hydrogen-bond acceptors (Lipinski definition) is 10. The van der Waals surface area contributed by atoms with E-state index >= 15 is 0 Å². The Morgan fingerprint density at radius 1 is 1.34 bits per heavy atom. The van der Waals surface area contributed by atoms with Gasteiger partial charge in [0.25, 0.3) is 5.56 Å². The molecular weight excluding hydrogens is 577 g/mol. The predicted octanol–water partition coefficient (Wildman–Crippen LogP) is 2.70. The van der Waals surface area contributed by atoms with Crippen molar-refractivity contribution in [1.82, 2.24) is 19.6 Å². The first-order valence-electron chi connectivity index (χ1n) is 12.7. The van der Waals surface area contributed by atoms with Crippen LogP contribution in [0, 0.1) is 11.8 Å². The molecule has 0 amide bonds. The van der Waals surface area contributed by atoms with Crippen molar-refractivity contribution in [1.29, 1.82) is 0 Å². The van der Waals surface area contributed by atoms with E-state index in [4.69, 9.17) is 35.9 Å². The van der Waals surface area contributed by atoms with Gasteiger partial charge in [0.15, 0.2) is 16.7 Å². The standard InChI is InChI=1S/C26H31ClN5O8P/c1-5-12-26(27)20(33)19(39-24(26)32-13-11-18-21(32)29-25(28)30-22(18)34)14-37-41(36,40-17-9-7-6-8-10-17)31-16(4)23(35)38-15(2)3/h6-11,13,15-16,19-20,24,33H,14H2,1-4H3,(H,31,36)(H3,28,29,30,34)/t16-,19+,20?,24+,26?,41?/m0/s1. The maximum absolute atomic E-state index is 13.9. The molecule has 15 heteroatoms. The van der Waals surface area contributed by atoms with Crippen LogP contribution < -0.4 is 20.9 Å². The van der Waals surface area contributed by atoms with Crippen LogP contribution in [-0.2, 0) is 23.4 Å². The fourth-order valence-electron chi connectivity index (χ4n) is 4.24. The van der Waals surface area contributed by atoms with Gasteiger partial charge in [0, 0.05) is 6.20 Å². The zero-order valence-electron chi connectivity index (χ0n) is 22.7. The van der Waals surface area contributed by atoms with E-state index in [2.05, 4.69) is 26.9 Å². The number of aliphatic hydroxyl groups excluding tert-OH is 1. The molecule has 13 nitrogen and oxygen atoms in total. The predicted molar refractivity (Wildman–Crippen MR) is 151 cm³/mol. The number of benzene rings is 1. The molecule has 220 valence electrons. The highest BCUT2D eigenvalue weighted by atomic mass is 35.5. The van der Waals surface area contributed by atoms with Crippen molar-refractivity contribution >= 4 is 42.3 Å². The molecule has 2 aromatic heterocycles. The van der Waals surface area contributed by atoms with Crippen LogP contribution in [0.2, 0.25) is 0 Å². The molecule has 0 aliphatic carbocycles. The maximum atomic E-state index is 13.9. The molecular formula is C26H31ClN5O8P. The van der Waals surface area contributed by atoms with Gasteiger partial charge in [-0.2, -0.15) is 10.1 Å². The van der Waals surface area contributed by atoms with E-state index in [9.17, 15) is 19.3 Å². The highest BCUT2D eigenvalue weighted by Crippen LogP contribution is 2.48. The molecule has 1 saturated heterocycles. The van der Waals surface area contributed by atoms with Crippen LogP contribution in [-0.4, -0.2) is 61.4 Å². The van der Waals surface area contributed by atoms with E-state index in [1.807, 2.05) is 0 Å². The average molecular weight is 608 g/mol. The van der Waals surface area contributed by atoms with Crippen molar-refractivity contribution in [2.24, 2.45) is 0 Å². The number of carbonyl (C=O) groups is 1. The van der Waals surface area contributed by atoms with Gasteiger partial charge in [-0.1, -0.05) is 35.7 Å². The summed E-state index contributed by atoms with van der Waals surface area (Å²) in [6, 6.07) is 8.63. The molecule has 0 spiro atoms. The second-order valence-corrected chi connectivity index (χ2v) is 11.9. The smallest absolute Gasteiger partial charge is 0.459 e. The number of esters is 1. The fraction of sp³-hybridized carbons (Fsp3) is 0.423. The third kappa shape index (κ3) is 6.59. The number of aromatic nitrogens is 3. The Labute approximate surface area is 240 Å². The molecule has 1 aromatic carbocycles. The molecule has 0 bridgehead atoms. The molecule has 0 saturated carbocycles. The van der Waals surface area contributed by atoms with Gasteiger partial charge >= 0.3 is 13.7 Å². The maximum Gasteiger partial charge on any atom is 0.459 e. The van der Waals surface area contributed by atoms with Crippen LogP contribution in [0.1, 0.15) is 33.9 Å². The molecule has 3 heterocycles. The quantitative estimate of drug-likeness (QED) is 0.115. The topological polar surface area (TPSA) is 180 Å². The minimum atomic E-state index is -4.27. The monoisotopic (exact) mass is 607 g/mol. The van der Waals surface area contributed by atoms with Crippen LogP contribution in [0.15, 0.2) is 47.4 Å². The summed E-state index contributed by atoms with van der Waals surface area (Å²) in [5.41, 5.74) is 5.43. The first-order valence-corrected chi connectivity index (χ1v) is 14.6. The molecule has 3 aromatic rings. The molecule has 5 N–H and O–H groups in total. The lowest BCUT2D eigenvalue weighted by atomic mass is 9.99. The molecule has 3 unspecified atom stereocenters. The van der Waals surface area contributed by atoms with E-state index in [0.717, 1.165) is 0 Å². The first-order chi connectivity index (χ1) is 19.4. The number of nitrogens with one attached hydrogen (secondary N) is 2. The van der Waals surface area contributed by atoms with Crippen LogP contribution in [0.25, 0.3) is 11.0 Å². The summed E-state index contributed by atoms with van der Waals surface area (Å²) in [7, 11) is -4.27. The number of H-pyrrole nitrogens is 1. The fourth-order valence-corrected chi connectivity index (χ4v) is 6.13. The number of fused-ring (bicyclic) bond motifs is 1. The molecule has 41 heavy (non-hydrogen) atoms. The Bertz CT molecular complexity index is 1570. The van der Waals surface area contributed by atoms with Gasteiger partial charge in [-0.3, -0.25) is 19.1 Å². The number of aromatic amines is 1. The Morgan fingerprint density at radius 3 is 2.71 bits per heavy atom. The summed E-state index contributed by atoms with van der Waals surface area (Å²) >= 11 is 6.86. The number of para-hydroxylation sites is 1. The van der Waals surface area contributed by atoms with Crippen LogP contribution in [0.3, 0.4) is 0 Å². The van der Waals surface area contributed by atoms with Crippen LogP contribution >= 0.6 is 19.3 Å². The number of rotatable bonds is 10. The third-order valence-electron chi connectivity index (χ3n) is 6.05. The number of hydrogen-bond donors (Lipinski definition) is 4. The number of nitrogen functional groups attached to an aromatic ring is 1. The second kappa shape index (κ2) is 12.2. The summed E-state index contributed by atoms with van der Waals surface area (Å²) in [5.74, 6) is 4.87. The zero-order chi connectivity index (χ0) is 29.9. The van der Waals surface area contributed by atoms with Gasteiger partial charge in [0.2, 0.25) is 5.95 Å². The highest BCUT2D eigenvalue weighted by Gasteiger charge is 2.56. The molecule has 6 atom stereocenters. The van der Waals surface area contributed by atoms with Crippen molar-refractivity contribution in [3.05, 3.63) is 52.9 Å². The highest BCUT2D eigenvalue weighted by molar-refractivity contribution is 7.52. The van der Waals surface area contributed by atoms with Crippen LogP contribution in [0.5, 0.6) is 5.75 Å². The van der Waals surface area contributed by atoms with Crippen molar-refractivity contribution in [3.8, 4) is 17.6 Å². The molecule has 1 fully saturated rings. The van der Waals surface area contributed by atoms with Crippen molar-refractivity contribution in [2.75, 3.05) is 12.3 Å². The van der Waals surface area contributed by atoms with Gasteiger partial charge in [-0.15, -0.1) is 5.92 Å². The van der Waals surface area contributed by atoms with Gasteiger partial charge < -0.3 is 29.4 Å². The van der Waals surface area contributed by atoms with E-state index in [1.54, 1.807) is 44.2 Å². The molecule has 0 radical (unpaired) electrons. The first kappa shape index (κ1) is 30.6. The largest absolute Gasteiger partial charge is 0.462 e. The van der Waals surface area contributed by atoms with Gasteiger partial charge in [0.05, 0.1) is 18.1 Å². The lowest BCUT2D eigenvalue weighted by Crippen LogP contribution is -2.42. The molecule has 1 aliphatic rings. The summed E-state index contributed by atoms with van der Waals surface area (Å²) in [6.45, 7) is 5.86. The Morgan fingerprint density at radius 2 is 2.05 bits per heavy atom. The number of ether oxygens (including phenoxy) is 2. The number of anilines is 1. The minimum absolute atomic E-state index is 0.127. The van der Waals surface area contributed by atoms with E-state index in [0.29, 0.717) is 0 Å². The second-order valence-electron chi connectivity index (χ2n) is 9.56. The van der Waals surface area contributed by atoms with Crippen LogP contribution in [0.4, 0.5) is 5.95 Å². The minimum Gasteiger partial charge on any atom is -0.462 e. The van der Waals surface area contributed by atoms with E-state index in [-0.39, 0.29) is 22.7 Å². The summed E-state index contributed by atoms with van der Waals surface area (Å²) in [5, 5.41) is 14.0. The zero-order valence-corrected chi connectivity index (χ0v) is 24.4. The van der Waals surface area contributed by atoms with Crippen molar-refractivity contribution in [3.63, 3.8) is 0 Å². The Hall–Kier alpha value is -3.37. The number of carbonyl (C=O) groups excluding carboxylic acids is 1. The lowest BCUT2D eigenvalue weighted by molar-refractivity contribution is -0.149. The van der Waals surface area contributed by atoms with Gasteiger partial charge in [-0.25, -0.2) is 4.57 Å². The number of aliphatic hydroxyl groups is 1. The Balaban J connectivity index is 1.62. The van der Waals surface area contributed by atoms with E-state index in [1.165, 1.54) is 30.7 Å². The normalized spacial score (nSPS) is 24.4. The lowest BCUT2D eigenvalue weighted by Gasteiger charge is -2.26.